The van der Waals surface area contributed by atoms with Crippen LogP contribution in [0.25, 0.3) is 11.1 Å². The van der Waals surface area contributed by atoms with Crippen LogP contribution in [0.2, 0.25) is 0 Å². The van der Waals surface area contributed by atoms with Crippen LogP contribution in [0, 0.1) is 6.92 Å². The highest BCUT2D eigenvalue weighted by Gasteiger charge is 2.30. The Kier molecular flexibility index (Phi) is 7.22. The Balaban J connectivity index is 1.35. The van der Waals surface area contributed by atoms with Gasteiger partial charge in [0.2, 0.25) is 5.91 Å². The van der Waals surface area contributed by atoms with Crippen molar-refractivity contribution in [2.45, 2.75) is 31.7 Å². The van der Waals surface area contributed by atoms with Gasteiger partial charge < -0.3 is 20.5 Å². The average Bonchev–Trinajstić information content (AvgIpc) is 3.37. The number of nitrogens with zero attached hydrogens (tertiary/aromatic N) is 1. The zero-order valence-electron chi connectivity index (χ0n) is 18.6. The van der Waals surface area contributed by atoms with E-state index in [1.807, 2.05) is 60.8 Å². The highest BCUT2D eigenvalue weighted by atomic mass is 32.1. The van der Waals surface area contributed by atoms with Crippen molar-refractivity contribution in [1.82, 2.24) is 15.6 Å². The number of alkyl carbamates (subject to hydrolysis) is 1. The lowest BCUT2D eigenvalue weighted by atomic mass is 9.98. The molecule has 1 heterocycles. The predicted octanol–water partition coefficient (Wildman–Crippen LogP) is 3.49. The topological polar surface area (TPSA) is 118 Å². The number of aromatic nitrogens is 1. The van der Waals surface area contributed by atoms with Crippen LogP contribution in [0.5, 0.6) is 0 Å². The van der Waals surface area contributed by atoms with E-state index in [9.17, 15) is 19.5 Å². The van der Waals surface area contributed by atoms with Crippen LogP contribution in [0.1, 0.15) is 34.2 Å². The summed E-state index contributed by atoms with van der Waals surface area (Å²) in [6, 6.07) is 14.7. The SMILES string of the molecule is Cc1nc(CCNC(=O)C(CC(=O)O)NC(=O)OCC2c3ccccc3-c3ccccc32)cs1. The molecule has 0 aliphatic heterocycles. The molecule has 0 bridgehead atoms. The summed E-state index contributed by atoms with van der Waals surface area (Å²) in [7, 11) is 0. The zero-order chi connectivity index (χ0) is 24.1. The lowest BCUT2D eigenvalue weighted by Crippen LogP contribution is -2.48. The standard InChI is InChI=1S/C25H25N3O5S/c1-15-27-16(14-34-15)10-11-26-24(31)22(12-23(29)30)28-25(32)33-13-21-19-8-4-2-6-17(19)18-7-3-5-9-20(18)21/h2-9,14,21-22H,10-13H2,1H3,(H,26,31)(H,28,32)(H,29,30). The Labute approximate surface area is 201 Å². The van der Waals surface area contributed by atoms with Gasteiger partial charge in [0.1, 0.15) is 12.6 Å². The van der Waals surface area contributed by atoms with Crippen molar-refractivity contribution < 1.29 is 24.2 Å². The summed E-state index contributed by atoms with van der Waals surface area (Å²) in [5.41, 5.74) is 5.18. The van der Waals surface area contributed by atoms with Gasteiger partial charge in [-0.1, -0.05) is 48.5 Å². The molecule has 176 valence electrons. The summed E-state index contributed by atoms with van der Waals surface area (Å²) < 4.78 is 5.45. The van der Waals surface area contributed by atoms with Crippen LogP contribution in [-0.4, -0.2) is 47.3 Å². The highest BCUT2D eigenvalue weighted by molar-refractivity contribution is 7.09. The fraction of sp³-hybridized carbons (Fsp3) is 0.280. The van der Waals surface area contributed by atoms with Crippen molar-refractivity contribution in [3.8, 4) is 11.1 Å². The number of carbonyl (C=O) groups is 3. The third-order valence-corrected chi connectivity index (χ3v) is 6.50. The van der Waals surface area contributed by atoms with E-state index in [1.165, 1.54) is 11.3 Å². The molecule has 1 aliphatic carbocycles. The minimum absolute atomic E-state index is 0.0739. The first-order chi connectivity index (χ1) is 16.4. The molecule has 0 radical (unpaired) electrons. The molecule has 3 aromatic rings. The molecule has 2 aromatic carbocycles. The van der Waals surface area contributed by atoms with Crippen LogP contribution >= 0.6 is 11.3 Å². The number of hydrogen-bond donors (Lipinski definition) is 3. The molecule has 0 spiro atoms. The Hall–Kier alpha value is -3.72. The Morgan fingerprint density at radius 3 is 2.32 bits per heavy atom. The number of carbonyl (C=O) groups excluding carboxylic acids is 2. The molecular formula is C25H25N3O5S. The number of benzene rings is 2. The summed E-state index contributed by atoms with van der Waals surface area (Å²) in [5, 5.41) is 17.1. The molecule has 4 rings (SSSR count). The van der Waals surface area contributed by atoms with Gasteiger partial charge in [-0.25, -0.2) is 9.78 Å². The lowest BCUT2D eigenvalue weighted by Gasteiger charge is -2.18. The fourth-order valence-electron chi connectivity index (χ4n) is 4.13. The number of hydrogen-bond acceptors (Lipinski definition) is 6. The molecule has 8 nitrogen and oxygen atoms in total. The monoisotopic (exact) mass is 479 g/mol. The number of carboxylic acids is 1. The summed E-state index contributed by atoms with van der Waals surface area (Å²) in [4.78, 5) is 40.6. The van der Waals surface area contributed by atoms with Crippen LogP contribution in [0.3, 0.4) is 0 Å². The maximum atomic E-state index is 12.5. The van der Waals surface area contributed by atoms with Gasteiger partial charge >= 0.3 is 12.1 Å². The van der Waals surface area contributed by atoms with Crippen molar-refractivity contribution in [2.24, 2.45) is 0 Å². The van der Waals surface area contributed by atoms with E-state index in [0.717, 1.165) is 33.0 Å². The van der Waals surface area contributed by atoms with Gasteiger partial charge in [-0.15, -0.1) is 11.3 Å². The van der Waals surface area contributed by atoms with E-state index >= 15 is 0 Å². The Morgan fingerprint density at radius 1 is 1.09 bits per heavy atom. The number of ether oxygens (including phenoxy) is 1. The van der Waals surface area contributed by atoms with Gasteiger partial charge in [-0.2, -0.15) is 0 Å². The van der Waals surface area contributed by atoms with Gasteiger partial charge in [0.05, 0.1) is 17.1 Å². The number of aliphatic carboxylic acids is 1. The van der Waals surface area contributed by atoms with Gasteiger partial charge in [0.15, 0.2) is 0 Å². The molecule has 1 unspecified atom stereocenters. The highest BCUT2D eigenvalue weighted by Crippen LogP contribution is 2.44. The quantitative estimate of drug-likeness (QED) is 0.432. The van der Waals surface area contributed by atoms with Crippen molar-refractivity contribution in [2.75, 3.05) is 13.2 Å². The molecule has 1 atom stereocenters. The summed E-state index contributed by atoms with van der Waals surface area (Å²) >= 11 is 1.52. The number of amides is 2. The first kappa shape index (κ1) is 23.4. The van der Waals surface area contributed by atoms with Crippen molar-refractivity contribution in [3.63, 3.8) is 0 Å². The van der Waals surface area contributed by atoms with Gasteiger partial charge in [0.25, 0.3) is 0 Å². The van der Waals surface area contributed by atoms with Crippen LogP contribution in [0.4, 0.5) is 4.79 Å². The second-order valence-electron chi connectivity index (χ2n) is 8.02. The maximum Gasteiger partial charge on any atom is 0.407 e. The van der Waals surface area contributed by atoms with Crippen molar-refractivity contribution >= 4 is 29.3 Å². The van der Waals surface area contributed by atoms with Gasteiger partial charge in [-0.05, 0) is 29.2 Å². The molecule has 1 aromatic heterocycles. The molecule has 1 aliphatic rings. The van der Waals surface area contributed by atoms with E-state index in [0.29, 0.717) is 6.42 Å². The smallest absolute Gasteiger partial charge is 0.407 e. The number of carboxylic acid groups (broad SMARTS) is 1. The summed E-state index contributed by atoms with van der Waals surface area (Å²) in [5.74, 6) is -1.91. The molecule has 34 heavy (non-hydrogen) atoms. The largest absolute Gasteiger partial charge is 0.481 e. The minimum Gasteiger partial charge on any atom is -0.481 e. The second-order valence-corrected chi connectivity index (χ2v) is 9.08. The summed E-state index contributed by atoms with van der Waals surface area (Å²) in [6.45, 7) is 2.25. The van der Waals surface area contributed by atoms with E-state index in [4.69, 9.17) is 4.74 Å². The predicted molar refractivity (Wildman–Crippen MR) is 128 cm³/mol. The summed E-state index contributed by atoms with van der Waals surface area (Å²) in [6.07, 6.45) is -0.870. The molecule has 9 heteroatoms. The van der Waals surface area contributed by atoms with E-state index in [-0.39, 0.29) is 19.1 Å². The molecule has 0 fully saturated rings. The third-order valence-electron chi connectivity index (χ3n) is 5.68. The van der Waals surface area contributed by atoms with Crippen LogP contribution in [0.15, 0.2) is 53.9 Å². The number of thiazole rings is 1. The molecular weight excluding hydrogens is 454 g/mol. The first-order valence-electron chi connectivity index (χ1n) is 10.9. The maximum absolute atomic E-state index is 12.5. The number of fused-ring (bicyclic) bond motifs is 3. The number of nitrogens with one attached hydrogen (secondary N) is 2. The van der Waals surface area contributed by atoms with Gasteiger partial charge in [0, 0.05) is 24.3 Å². The van der Waals surface area contributed by atoms with Crippen molar-refractivity contribution in [3.05, 3.63) is 75.7 Å². The third kappa shape index (κ3) is 5.43. The van der Waals surface area contributed by atoms with Crippen molar-refractivity contribution in [1.29, 1.82) is 0 Å². The second kappa shape index (κ2) is 10.5. The van der Waals surface area contributed by atoms with Crippen LogP contribution in [-0.2, 0) is 20.7 Å². The Morgan fingerprint density at radius 2 is 1.74 bits per heavy atom. The normalized spacial score (nSPS) is 13.0. The first-order valence-corrected chi connectivity index (χ1v) is 11.8. The fourth-order valence-corrected chi connectivity index (χ4v) is 4.77. The Bertz CT molecular complexity index is 1160. The molecule has 3 N–H and O–H groups in total. The molecule has 2 amide bonds. The minimum atomic E-state index is -1.25. The van der Waals surface area contributed by atoms with Gasteiger partial charge in [-0.3, -0.25) is 9.59 Å². The number of aryl methyl sites for hydroxylation is 1. The molecule has 0 saturated carbocycles. The zero-order valence-corrected chi connectivity index (χ0v) is 19.4. The molecule has 0 saturated heterocycles. The average molecular weight is 480 g/mol. The number of rotatable bonds is 9. The van der Waals surface area contributed by atoms with E-state index < -0.39 is 30.4 Å². The lowest BCUT2D eigenvalue weighted by molar-refractivity contribution is -0.139. The van der Waals surface area contributed by atoms with Crippen LogP contribution < -0.4 is 10.6 Å². The van der Waals surface area contributed by atoms with E-state index in [2.05, 4.69) is 15.6 Å². The van der Waals surface area contributed by atoms with E-state index in [1.54, 1.807) is 0 Å².